The molecule has 1 fully saturated rings. The third-order valence-electron chi connectivity index (χ3n) is 5.24. The Morgan fingerprint density at radius 2 is 1.63 bits per heavy atom. The Bertz CT molecular complexity index is 1500. The van der Waals surface area contributed by atoms with E-state index in [9.17, 15) is 22.8 Å². The van der Waals surface area contributed by atoms with Gasteiger partial charge in [-0.2, -0.15) is 8.42 Å². The van der Waals surface area contributed by atoms with Crippen molar-refractivity contribution in [2.75, 3.05) is 4.90 Å². The van der Waals surface area contributed by atoms with Crippen LogP contribution in [-0.4, -0.2) is 26.3 Å². The number of imide groups is 2. The van der Waals surface area contributed by atoms with Crippen LogP contribution in [0.1, 0.15) is 16.7 Å². The van der Waals surface area contributed by atoms with Crippen molar-refractivity contribution in [2.45, 2.75) is 18.7 Å². The predicted octanol–water partition coefficient (Wildman–Crippen LogP) is 4.50. The van der Waals surface area contributed by atoms with Crippen LogP contribution >= 0.6 is 15.9 Å². The minimum Gasteiger partial charge on any atom is -0.378 e. The molecule has 178 valence electrons. The van der Waals surface area contributed by atoms with Gasteiger partial charge >= 0.3 is 16.1 Å². The summed E-state index contributed by atoms with van der Waals surface area (Å²) in [6.45, 7) is 3.55. The quantitative estimate of drug-likeness (QED) is 0.282. The number of benzene rings is 3. The smallest absolute Gasteiger partial charge is 0.339 e. The first kappa shape index (κ1) is 24.4. The minimum atomic E-state index is -4.20. The van der Waals surface area contributed by atoms with Crippen LogP contribution in [0.5, 0.6) is 5.75 Å². The summed E-state index contributed by atoms with van der Waals surface area (Å²) in [4.78, 5) is 39.1. The highest BCUT2D eigenvalue weighted by Gasteiger charge is 2.37. The molecule has 35 heavy (non-hydrogen) atoms. The van der Waals surface area contributed by atoms with Gasteiger partial charge in [0, 0.05) is 10.0 Å². The molecule has 4 amide bonds. The average molecular weight is 555 g/mol. The van der Waals surface area contributed by atoms with Crippen molar-refractivity contribution < 1.29 is 27.0 Å². The van der Waals surface area contributed by atoms with E-state index in [1.807, 2.05) is 6.92 Å². The van der Waals surface area contributed by atoms with Crippen molar-refractivity contribution in [1.29, 1.82) is 0 Å². The molecule has 0 aromatic heterocycles. The zero-order valence-electron chi connectivity index (χ0n) is 18.6. The summed E-state index contributed by atoms with van der Waals surface area (Å²) in [5, 5.41) is 2.16. The maximum absolute atomic E-state index is 13.2. The van der Waals surface area contributed by atoms with Gasteiger partial charge in [-0.1, -0.05) is 51.8 Å². The SMILES string of the molecule is Cc1ccc(S(=O)(=O)Oc2ccc(Br)cc2/C=C2\C(=O)NC(=O)N(c3ccccc3C)C2=O)cc1. The second kappa shape index (κ2) is 9.47. The largest absolute Gasteiger partial charge is 0.378 e. The van der Waals surface area contributed by atoms with Crippen molar-refractivity contribution in [3.8, 4) is 5.75 Å². The minimum absolute atomic E-state index is 0.0487. The molecule has 0 atom stereocenters. The topological polar surface area (TPSA) is 110 Å². The van der Waals surface area contributed by atoms with E-state index in [2.05, 4.69) is 21.2 Å². The molecular formula is C25H19BrN2O6S. The van der Waals surface area contributed by atoms with Crippen molar-refractivity contribution in [3.05, 3.63) is 93.5 Å². The fourth-order valence-corrected chi connectivity index (χ4v) is 4.76. The van der Waals surface area contributed by atoms with E-state index in [1.165, 1.54) is 30.3 Å². The summed E-state index contributed by atoms with van der Waals surface area (Å²) < 4.78 is 31.6. The summed E-state index contributed by atoms with van der Waals surface area (Å²) in [5.74, 6) is -1.85. The van der Waals surface area contributed by atoms with E-state index in [-0.39, 0.29) is 21.8 Å². The Kier molecular flexibility index (Phi) is 6.60. The summed E-state index contributed by atoms with van der Waals surface area (Å²) in [7, 11) is -4.20. The molecule has 4 rings (SSSR count). The number of halogens is 1. The van der Waals surface area contributed by atoms with Crippen molar-refractivity contribution >= 4 is 55.7 Å². The average Bonchev–Trinajstić information content (AvgIpc) is 2.79. The van der Waals surface area contributed by atoms with Gasteiger partial charge in [-0.15, -0.1) is 0 Å². The van der Waals surface area contributed by atoms with Crippen LogP contribution in [-0.2, 0) is 19.7 Å². The molecule has 1 heterocycles. The van der Waals surface area contributed by atoms with Crippen molar-refractivity contribution in [2.24, 2.45) is 0 Å². The van der Waals surface area contributed by atoms with Crippen LogP contribution in [0.3, 0.4) is 0 Å². The summed E-state index contributed by atoms with van der Waals surface area (Å²) >= 11 is 3.31. The zero-order valence-corrected chi connectivity index (χ0v) is 21.0. The maximum atomic E-state index is 13.2. The lowest BCUT2D eigenvalue weighted by molar-refractivity contribution is -0.122. The number of anilines is 1. The molecule has 3 aromatic rings. The third kappa shape index (κ3) is 5.03. The first-order chi connectivity index (χ1) is 16.6. The number of aryl methyl sites for hydroxylation is 2. The molecular weight excluding hydrogens is 536 g/mol. The summed E-state index contributed by atoms with van der Waals surface area (Å²) in [6.07, 6.45) is 1.19. The standard InChI is InChI=1S/C25H19BrN2O6S/c1-15-7-10-19(11-8-15)35(32,33)34-22-12-9-18(26)13-17(22)14-20-23(29)27-25(31)28(24(20)30)21-6-4-3-5-16(21)2/h3-14H,1-2H3,(H,27,29,31)/b20-14+. The van der Waals surface area contributed by atoms with Gasteiger partial charge < -0.3 is 4.18 Å². The van der Waals surface area contributed by atoms with Gasteiger partial charge in [-0.3, -0.25) is 14.9 Å². The van der Waals surface area contributed by atoms with Gasteiger partial charge in [-0.05, 0) is 61.9 Å². The van der Waals surface area contributed by atoms with Gasteiger partial charge in [-0.25, -0.2) is 9.69 Å². The number of hydrogen-bond donors (Lipinski definition) is 1. The molecule has 8 nitrogen and oxygen atoms in total. The number of nitrogens with zero attached hydrogens (tertiary/aromatic N) is 1. The molecule has 10 heteroatoms. The van der Waals surface area contributed by atoms with Gasteiger partial charge in [0.05, 0.1) is 5.69 Å². The van der Waals surface area contributed by atoms with E-state index < -0.39 is 28.0 Å². The number of amides is 4. The lowest BCUT2D eigenvalue weighted by Gasteiger charge is -2.27. The number of rotatable bonds is 5. The Labute approximate surface area is 210 Å². The van der Waals surface area contributed by atoms with E-state index in [1.54, 1.807) is 49.4 Å². The molecule has 1 N–H and O–H groups in total. The number of nitrogens with one attached hydrogen (secondary N) is 1. The monoisotopic (exact) mass is 554 g/mol. The molecule has 0 radical (unpaired) electrons. The van der Waals surface area contributed by atoms with E-state index in [0.717, 1.165) is 10.5 Å². The lowest BCUT2D eigenvalue weighted by Crippen LogP contribution is -2.54. The second-order valence-electron chi connectivity index (χ2n) is 7.78. The molecule has 1 aliphatic rings. The van der Waals surface area contributed by atoms with Crippen molar-refractivity contribution in [1.82, 2.24) is 5.32 Å². The first-order valence-electron chi connectivity index (χ1n) is 10.3. The van der Waals surface area contributed by atoms with Crippen LogP contribution in [0.2, 0.25) is 0 Å². The normalized spacial score (nSPS) is 15.3. The van der Waals surface area contributed by atoms with Crippen molar-refractivity contribution in [3.63, 3.8) is 0 Å². The predicted molar refractivity (Wildman–Crippen MR) is 133 cm³/mol. The van der Waals surface area contributed by atoms with Gasteiger partial charge in [0.2, 0.25) is 0 Å². The molecule has 0 saturated carbocycles. The van der Waals surface area contributed by atoms with Gasteiger partial charge in [0.1, 0.15) is 16.2 Å². The number of urea groups is 1. The van der Waals surface area contributed by atoms with E-state index in [4.69, 9.17) is 4.18 Å². The van der Waals surface area contributed by atoms with Gasteiger partial charge in [0.15, 0.2) is 0 Å². The maximum Gasteiger partial charge on any atom is 0.339 e. The van der Waals surface area contributed by atoms with Crippen LogP contribution in [0.25, 0.3) is 6.08 Å². The van der Waals surface area contributed by atoms with E-state index in [0.29, 0.717) is 15.7 Å². The van der Waals surface area contributed by atoms with Gasteiger partial charge in [0.25, 0.3) is 11.8 Å². The van der Waals surface area contributed by atoms with Crippen LogP contribution in [0.4, 0.5) is 10.5 Å². The Morgan fingerprint density at radius 3 is 2.31 bits per heavy atom. The number of para-hydroxylation sites is 1. The molecule has 1 saturated heterocycles. The fourth-order valence-electron chi connectivity index (χ4n) is 3.43. The molecule has 3 aromatic carbocycles. The van der Waals surface area contributed by atoms with Crippen LogP contribution in [0, 0.1) is 13.8 Å². The molecule has 0 aliphatic carbocycles. The Hall–Kier alpha value is -3.76. The number of barbiturate groups is 1. The molecule has 0 unspecified atom stereocenters. The number of hydrogen-bond acceptors (Lipinski definition) is 6. The highest BCUT2D eigenvalue weighted by Crippen LogP contribution is 2.30. The first-order valence-corrected chi connectivity index (χ1v) is 12.5. The number of carbonyl (C=O) groups is 3. The highest BCUT2D eigenvalue weighted by atomic mass is 79.9. The molecule has 0 bridgehead atoms. The molecule has 1 aliphatic heterocycles. The zero-order chi connectivity index (χ0) is 25.3. The Morgan fingerprint density at radius 1 is 0.943 bits per heavy atom. The lowest BCUT2D eigenvalue weighted by atomic mass is 10.1. The second-order valence-corrected chi connectivity index (χ2v) is 10.2. The fraction of sp³-hybridized carbons (Fsp3) is 0.0800. The Balaban J connectivity index is 1.76. The van der Waals surface area contributed by atoms with E-state index >= 15 is 0 Å². The van der Waals surface area contributed by atoms with Crippen LogP contribution < -0.4 is 14.4 Å². The number of carbonyl (C=O) groups excluding carboxylic acids is 3. The summed E-state index contributed by atoms with van der Waals surface area (Å²) in [5.41, 5.74) is 1.64. The highest BCUT2D eigenvalue weighted by molar-refractivity contribution is 9.10. The molecule has 0 spiro atoms. The third-order valence-corrected chi connectivity index (χ3v) is 6.98. The van der Waals surface area contributed by atoms with Crippen LogP contribution in [0.15, 0.2) is 81.7 Å². The summed E-state index contributed by atoms with van der Waals surface area (Å²) in [6, 6.07) is 16.5.